The highest BCUT2D eigenvalue weighted by Gasteiger charge is 2.13. The molecule has 0 aliphatic rings. The minimum atomic E-state index is -0.470. The van der Waals surface area contributed by atoms with Crippen molar-refractivity contribution < 1.29 is 14.4 Å². The van der Waals surface area contributed by atoms with Crippen molar-refractivity contribution in [1.29, 1.82) is 5.26 Å². The fourth-order valence-corrected chi connectivity index (χ4v) is 3.26. The highest BCUT2D eigenvalue weighted by Crippen LogP contribution is 2.31. The average molecular weight is 443 g/mol. The Morgan fingerprint density at radius 3 is 2.24 bits per heavy atom. The maximum atomic E-state index is 10.8. The molecule has 0 atom stereocenters. The van der Waals surface area contributed by atoms with Crippen molar-refractivity contribution in [2.24, 2.45) is 0 Å². The second-order valence-electron chi connectivity index (χ2n) is 8.62. The monoisotopic (exact) mass is 442 g/mol. The zero-order valence-corrected chi connectivity index (χ0v) is 19.2. The third kappa shape index (κ3) is 5.98. The van der Waals surface area contributed by atoms with Gasteiger partial charge in [0, 0.05) is 12.1 Å². The Kier molecular flexibility index (Phi) is 7.14. The Morgan fingerprint density at radius 1 is 1.03 bits per heavy atom. The van der Waals surface area contributed by atoms with E-state index in [9.17, 15) is 15.4 Å². The van der Waals surface area contributed by atoms with Gasteiger partial charge < -0.3 is 9.47 Å². The van der Waals surface area contributed by atoms with Crippen LogP contribution in [0.4, 0.5) is 5.69 Å². The second kappa shape index (κ2) is 10.0. The van der Waals surface area contributed by atoms with Gasteiger partial charge in [0.15, 0.2) is 11.5 Å². The third-order valence-electron chi connectivity index (χ3n) is 5.22. The molecule has 0 aliphatic carbocycles. The van der Waals surface area contributed by atoms with Gasteiger partial charge in [-0.15, -0.1) is 0 Å². The second-order valence-corrected chi connectivity index (χ2v) is 8.62. The molecule has 0 amide bonds. The molecule has 33 heavy (non-hydrogen) atoms. The molecule has 0 heterocycles. The molecule has 0 saturated carbocycles. The molecule has 0 fully saturated rings. The minimum Gasteiger partial charge on any atom is -0.493 e. The molecule has 0 aromatic heterocycles. The smallest absolute Gasteiger partial charge is 0.269 e. The SMILES string of the molecule is COc1cc(C=C(C#N)c2ccc([N+](=O)[O-])cc2)ccc1OCc1ccc(C(C)(C)C)cc1. The van der Waals surface area contributed by atoms with Gasteiger partial charge in [-0.1, -0.05) is 51.1 Å². The minimum absolute atomic E-state index is 0.0211. The summed E-state index contributed by atoms with van der Waals surface area (Å²) in [7, 11) is 1.56. The highest BCUT2D eigenvalue weighted by atomic mass is 16.6. The van der Waals surface area contributed by atoms with Gasteiger partial charge in [0.05, 0.1) is 23.7 Å². The molecule has 0 spiro atoms. The van der Waals surface area contributed by atoms with Crippen molar-refractivity contribution in [2.45, 2.75) is 32.8 Å². The molecule has 3 aromatic rings. The largest absolute Gasteiger partial charge is 0.493 e. The van der Waals surface area contributed by atoms with E-state index in [2.05, 4.69) is 51.1 Å². The Morgan fingerprint density at radius 2 is 1.70 bits per heavy atom. The Bertz CT molecular complexity index is 1200. The maximum Gasteiger partial charge on any atom is 0.269 e. The fourth-order valence-electron chi connectivity index (χ4n) is 3.26. The number of hydrogen-bond acceptors (Lipinski definition) is 5. The van der Waals surface area contributed by atoms with Crippen LogP contribution in [0.2, 0.25) is 0 Å². The molecule has 0 aliphatic heterocycles. The van der Waals surface area contributed by atoms with Crippen LogP contribution in [-0.2, 0) is 12.0 Å². The standard InChI is InChI=1S/C27H26N2O4/c1-27(2,3)23-10-5-19(6-11-23)18-33-25-14-7-20(16-26(25)32-4)15-22(17-28)21-8-12-24(13-9-21)29(30)31/h5-16H,18H2,1-4H3. The molecule has 6 nitrogen and oxygen atoms in total. The van der Waals surface area contributed by atoms with E-state index in [-0.39, 0.29) is 11.1 Å². The molecule has 0 N–H and O–H groups in total. The van der Waals surface area contributed by atoms with Gasteiger partial charge in [-0.05, 0) is 58.0 Å². The number of nitrogens with zero attached hydrogens (tertiary/aromatic N) is 2. The highest BCUT2D eigenvalue weighted by molar-refractivity contribution is 5.90. The van der Waals surface area contributed by atoms with Crippen LogP contribution in [0.1, 0.15) is 43.0 Å². The summed E-state index contributed by atoms with van der Waals surface area (Å²) in [5.41, 5.74) is 4.14. The van der Waals surface area contributed by atoms with Crippen molar-refractivity contribution in [1.82, 2.24) is 0 Å². The van der Waals surface area contributed by atoms with Crippen LogP contribution in [0.15, 0.2) is 66.7 Å². The lowest BCUT2D eigenvalue weighted by molar-refractivity contribution is -0.384. The summed E-state index contributed by atoms with van der Waals surface area (Å²) in [6.45, 7) is 6.94. The first-order valence-electron chi connectivity index (χ1n) is 10.5. The molecular formula is C27H26N2O4. The molecule has 0 saturated heterocycles. The maximum absolute atomic E-state index is 10.8. The van der Waals surface area contributed by atoms with Crippen molar-refractivity contribution in [3.8, 4) is 17.6 Å². The van der Waals surface area contributed by atoms with Crippen molar-refractivity contribution in [3.05, 3.63) is 99.1 Å². The zero-order valence-electron chi connectivity index (χ0n) is 19.2. The van der Waals surface area contributed by atoms with E-state index in [4.69, 9.17) is 9.47 Å². The molecule has 0 bridgehead atoms. The molecule has 3 aromatic carbocycles. The van der Waals surface area contributed by atoms with E-state index >= 15 is 0 Å². The number of benzene rings is 3. The molecule has 0 radical (unpaired) electrons. The number of non-ortho nitro benzene ring substituents is 1. The predicted octanol–water partition coefficient (Wildman–Crippen LogP) is 6.54. The Balaban J connectivity index is 1.77. The summed E-state index contributed by atoms with van der Waals surface area (Å²) in [6, 6.07) is 21.8. The Hall–Kier alpha value is -4.11. The van der Waals surface area contributed by atoms with Crippen molar-refractivity contribution >= 4 is 17.3 Å². The molecule has 6 heteroatoms. The lowest BCUT2D eigenvalue weighted by Crippen LogP contribution is -2.10. The van der Waals surface area contributed by atoms with Crippen LogP contribution in [-0.4, -0.2) is 12.0 Å². The van der Waals surface area contributed by atoms with Crippen LogP contribution in [0.3, 0.4) is 0 Å². The van der Waals surface area contributed by atoms with E-state index in [0.29, 0.717) is 29.2 Å². The number of ether oxygens (including phenoxy) is 2. The van der Waals surface area contributed by atoms with Crippen LogP contribution in [0.25, 0.3) is 11.6 Å². The summed E-state index contributed by atoms with van der Waals surface area (Å²) >= 11 is 0. The average Bonchev–Trinajstić information content (AvgIpc) is 2.81. The van der Waals surface area contributed by atoms with E-state index < -0.39 is 4.92 Å². The van der Waals surface area contributed by atoms with Crippen molar-refractivity contribution in [3.63, 3.8) is 0 Å². The van der Waals surface area contributed by atoms with Gasteiger partial charge in [0.25, 0.3) is 5.69 Å². The molecule has 3 rings (SSSR count). The van der Waals surface area contributed by atoms with Gasteiger partial charge in [0.2, 0.25) is 0 Å². The van der Waals surface area contributed by atoms with E-state index in [0.717, 1.165) is 11.1 Å². The summed E-state index contributed by atoms with van der Waals surface area (Å²) in [5.74, 6) is 1.15. The quantitative estimate of drug-likeness (QED) is 0.179. The number of nitro benzene ring substituents is 1. The number of allylic oxidation sites excluding steroid dienone is 1. The van der Waals surface area contributed by atoms with Gasteiger partial charge in [-0.2, -0.15) is 5.26 Å². The summed E-state index contributed by atoms with van der Waals surface area (Å²) in [6.07, 6.45) is 1.71. The van der Waals surface area contributed by atoms with Gasteiger partial charge in [-0.3, -0.25) is 10.1 Å². The number of rotatable bonds is 7. The van der Waals surface area contributed by atoms with Crippen molar-refractivity contribution in [2.75, 3.05) is 7.11 Å². The number of nitriles is 1. The number of methoxy groups -OCH3 is 1. The molecule has 0 unspecified atom stereocenters. The van der Waals surface area contributed by atoms with Crippen LogP contribution >= 0.6 is 0 Å². The van der Waals surface area contributed by atoms with Gasteiger partial charge >= 0.3 is 0 Å². The van der Waals surface area contributed by atoms with Crippen LogP contribution in [0.5, 0.6) is 11.5 Å². The summed E-state index contributed by atoms with van der Waals surface area (Å²) in [5, 5.41) is 20.4. The van der Waals surface area contributed by atoms with Gasteiger partial charge in [-0.25, -0.2) is 0 Å². The topological polar surface area (TPSA) is 85.4 Å². The lowest BCUT2D eigenvalue weighted by atomic mass is 9.87. The fraction of sp³-hybridized carbons (Fsp3) is 0.222. The van der Waals surface area contributed by atoms with Crippen LogP contribution in [0, 0.1) is 21.4 Å². The summed E-state index contributed by atoms with van der Waals surface area (Å²) in [4.78, 5) is 10.4. The lowest BCUT2D eigenvalue weighted by Gasteiger charge is -2.19. The van der Waals surface area contributed by atoms with E-state index in [1.807, 2.05) is 6.07 Å². The predicted molar refractivity (Wildman–Crippen MR) is 129 cm³/mol. The van der Waals surface area contributed by atoms with E-state index in [1.54, 1.807) is 37.5 Å². The number of hydrogen-bond donors (Lipinski definition) is 0. The first kappa shape index (κ1) is 23.6. The first-order valence-corrected chi connectivity index (χ1v) is 10.5. The first-order chi connectivity index (χ1) is 15.7. The van der Waals surface area contributed by atoms with Gasteiger partial charge in [0.1, 0.15) is 6.61 Å². The zero-order chi connectivity index (χ0) is 24.0. The van der Waals surface area contributed by atoms with E-state index in [1.165, 1.54) is 17.7 Å². The third-order valence-corrected chi connectivity index (χ3v) is 5.22. The molecular weight excluding hydrogens is 416 g/mol. The molecule has 168 valence electrons. The normalized spacial score (nSPS) is 11.5. The Labute approximate surface area is 193 Å². The number of nitro groups is 1. The van der Waals surface area contributed by atoms with Crippen LogP contribution < -0.4 is 9.47 Å². The summed E-state index contributed by atoms with van der Waals surface area (Å²) < 4.78 is 11.5.